The molecule has 0 aromatic heterocycles. The Morgan fingerprint density at radius 2 is 1.94 bits per heavy atom. The first-order valence-corrected chi connectivity index (χ1v) is 7.21. The van der Waals surface area contributed by atoms with Crippen LogP contribution in [0.5, 0.6) is 0 Å². The first-order valence-electron chi connectivity index (χ1n) is 5.56. The van der Waals surface area contributed by atoms with E-state index in [1.54, 1.807) is 6.92 Å². The topological polar surface area (TPSA) is 91.7 Å². The van der Waals surface area contributed by atoms with Crippen LogP contribution in [0.3, 0.4) is 0 Å². The molecule has 5 nitrogen and oxygen atoms in total. The maximum atomic E-state index is 12.0. The van der Waals surface area contributed by atoms with Crippen LogP contribution in [0, 0.1) is 6.92 Å². The van der Waals surface area contributed by atoms with Crippen LogP contribution in [0.4, 0.5) is 0 Å². The zero-order valence-electron chi connectivity index (χ0n) is 10.1. The number of aromatic carboxylic acids is 1. The van der Waals surface area contributed by atoms with E-state index in [1.165, 1.54) is 18.2 Å². The second-order valence-electron chi connectivity index (χ2n) is 4.04. The van der Waals surface area contributed by atoms with Gasteiger partial charge in [-0.15, -0.1) is 0 Å². The maximum absolute atomic E-state index is 12.0. The van der Waals surface area contributed by atoms with Gasteiger partial charge in [0.25, 0.3) is 0 Å². The third kappa shape index (κ3) is 3.54. The lowest BCUT2D eigenvalue weighted by molar-refractivity contribution is 0.0696. The quantitative estimate of drug-likeness (QED) is 0.760. The summed E-state index contributed by atoms with van der Waals surface area (Å²) in [6, 6.07) is 4.05. The van der Waals surface area contributed by atoms with Gasteiger partial charge < -0.3 is 10.2 Å². The fraction of sp³-hybridized carbons (Fsp3) is 0.417. The second-order valence-corrected chi connectivity index (χ2v) is 6.11. The molecule has 0 heterocycles. The van der Waals surface area contributed by atoms with Crippen molar-refractivity contribution in [3.05, 3.63) is 29.3 Å². The zero-order chi connectivity index (χ0) is 13.8. The Kier molecular flexibility index (Phi) is 4.86. The van der Waals surface area contributed by atoms with Gasteiger partial charge in [0.1, 0.15) is 0 Å². The summed E-state index contributed by atoms with van der Waals surface area (Å²) in [4.78, 5) is 10.9. The summed E-state index contributed by atoms with van der Waals surface area (Å²) >= 11 is 0. The minimum Gasteiger partial charge on any atom is -0.478 e. The Balaban J connectivity index is 3.07. The molecule has 1 aromatic carbocycles. The fourth-order valence-electron chi connectivity index (χ4n) is 1.58. The molecule has 1 rings (SSSR count). The maximum Gasteiger partial charge on any atom is 0.335 e. The summed E-state index contributed by atoms with van der Waals surface area (Å²) in [5.74, 6) is -1.24. The first kappa shape index (κ1) is 14.7. The summed E-state index contributed by atoms with van der Waals surface area (Å²) in [7, 11) is -3.49. The van der Waals surface area contributed by atoms with Crippen molar-refractivity contribution >= 4 is 15.8 Å². The van der Waals surface area contributed by atoms with Crippen LogP contribution in [-0.2, 0) is 9.84 Å². The third-order valence-electron chi connectivity index (χ3n) is 2.59. The molecule has 0 aliphatic carbocycles. The molecule has 0 atom stereocenters. The Hall–Kier alpha value is -1.40. The van der Waals surface area contributed by atoms with Gasteiger partial charge in [0.05, 0.1) is 16.2 Å². The van der Waals surface area contributed by atoms with E-state index in [0.717, 1.165) is 0 Å². The van der Waals surface area contributed by atoms with Crippen molar-refractivity contribution in [2.45, 2.75) is 24.7 Å². The summed E-state index contributed by atoms with van der Waals surface area (Å²) in [6.07, 6.45) is 0.770. The molecule has 0 fully saturated rings. The average molecular weight is 272 g/mol. The molecule has 100 valence electrons. The van der Waals surface area contributed by atoms with Gasteiger partial charge in [-0.25, -0.2) is 13.2 Å². The number of aliphatic hydroxyl groups is 1. The molecule has 0 spiro atoms. The highest BCUT2D eigenvalue weighted by molar-refractivity contribution is 7.91. The van der Waals surface area contributed by atoms with Crippen LogP contribution in [0.25, 0.3) is 0 Å². The van der Waals surface area contributed by atoms with E-state index in [-0.39, 0.29) is 22.8 Å². The molecule has 0 amide bonds. The molecular formula is C12H16O5S. The third-order valence-corrected chi connectivity index (χ3v) is 4.53. The number of rotatable bonds is 6. The standard InChI is InChI=1S/C12H16O5S/c1-9-4-5-10(12(14)15)8-11(9)18(16,17)7-3-2-6-13/h4-5,8,13H,2-3,6-7H2,1H3,(H,14,15). The number of hydrogen-bond donors (Lipinski definition) is 2. The number of aliphatic hydroxyl groups excluding tert-OH is 1. The molecular weight excluding hydrogens is 256 g/mol. The molecule has 2 N–H and O–H groups in total. The van der Waals surface area contributed by atoms with Gasteiger partial charge in [0, 0.05) is 6.61 Å². The highest BCUT2D eigenvalue weighted by Crippen LogP contribution is 2.19. The number of aryl methyl sites for hydroxylation is 1. The molecule has 0 saturated carbocycles. The highest BCUT2D eigenvalue weighted by Gasteiger charge is 2.18. The molecule has 0 aliphatic rings. The number of sulfone groups is 1. The molecule has 0 radical (unpaired) electrons. The number of benzene rings is 1. The second kappa shape index (κ2) is 5.97. The van der Waals surface area contributed by atoms with E-state index < -0.39 is 15.8 Å². The predicted octanol–water partition coefficient (Wildman–Crippen LogP) is 1.24. The normalized spacial score (nSPS) is 11.4. The van der Waals surface area contributed by atoms with Crippen LogP contribution in [0.1, 0.15) is 28.8 Å². The van der Waals surface area contributed by atoms with Crippen molar-refractivity contribution in [3.63, 3.8) is 0 Å². The van der Waals surface area contributed by atoms with E-state index in [4.69, 9.17) is 10.2 Å². The van der Waals surface area contributed by atoms with Crippen molar-refractivity contribution in [2.24, 2.45) is 0 Å². The van der Waals surface area contributed by atoms with Gasteiger partial charge in [-0.2, -0.15) is 0 Å². The van der Waals surface area contributed by atoms with Gasteiger partial charge in [0.2, 0.25) is 0 Å². The summed E-state index contributed by atoms with van der Waals surface area (Å²) in [6.45, 7) is 1.58. The van der Waals surface area contributed by atoms with Crippen molar-refractivity contribution in [3.8, 4) is 0 Å². The molecule has 0 aliphatic heterocycles. The Bertz CT molecular complexity index is 533. The Labute approximate surface area is 106 Å². The van der Waals surface area contributed by atoms with Crippen LogP contribution < -0.4 is 0 Å². The lowest BCUT2D eigenvalue weighted by Gasteiger charge is -2.08. The lowest BCUT2D eigenvalue weighted by atomic mass is 10.1. The van der Waals surface area contributed by atoms with Crippen molar-refractivity contribution < 1.29 is 23.4 Å². The number of hydrogen-bond acceptors (Lipinski definition) is 4. The minimum atomic E-state index is -3.49. The van der Waals surface area contributed by atoms with E-state index in [1.807, 2.05) is 0 Å². The molecule has 6 heteroatoms. The van der Waals surface area contributed by atoms with Crippen LogP contribution in [-0.4, -0.2) is 37.0 Å². The lowest BCUT2D eigenvalue weighted by Crippen LogP contribution is -2.10. The smallest absolute Gasteiger partial charge is 0.335 e. The average Bonchev–Trinajstić information content (AvgIpc) is 2.29. The van der Waals surface area contributed by atoms with E-state index in [9.17, 15) is 13.2 Å². The van der Waals surface area contributed by atoms with Crippen LogP contribution in [0.15, 0.2) is 23.1 Å². The predicted molar refractivity (Wildman–Crippen MR) is 66.5 cm³/mol. The minimum absolute atomic E-state index is 0.0404. The Morgan fingerprint density at radius 3 is 2.50 bits per heavy atom. The number of unbranched alkanes of at least 4 members (excludes halogenated alkanes) is 1. The fourth-order valence-corrected chi connectivity index (χ4v) is 3.25. The van der Waals surface area contributed by atoms with E-state index >= 15 is 0 Å². The van der Waals surface area contributed by atoms with Gasteiger partial charge in [-0.3, -0.25) is 0 Å². The van der Waals surface area contributed by atoms with Crippen molar-refractivity contribution in [1.29, 1.82) is 0 Å². The van der Waals surface area contributed by atoms with Gasteiger partial charge in [-0.1, -0.05) is 6.07 Å². The van der Waals surface area contributed by atoms with Crippen LogP contribution >= 0.6 is 0 Å². The first-order chi connectivity index (χ1) is 8.38. The Morgan fingerprint density at radius 1 is 1.28 bits per heavy atom. The summed E-state index contributed by atoms with van der Waals surface area (Å²) in [5, 5.41) is 17.5. The molecule has 0 saturated heterocycles. The number of carboxylic acids is 1. The summed E-state index contributed by atoms with van der Waals surface area (Å²) < 4.78 is 24.1. The largest absolute Gasteiger partial charge is 0.478 e. The van der Waals surface area contributed by atoms with E-state index in [0.29, 0.717) is 18.4 Å². The zero-order valence-corrected chi connectivity index (χ0v) is 10.9. The molecule has 18 heavy (non-hydrogen) atoms. The van der Waals surface area contributed by atoms with Gasteiger partial charge in [-0.05, 0) is 37.5 Å². The number of carboxylic acid groups (broad SMARTS) is 1. The van der Waals surface area contributed by atoms with Gasteiger partial charge in [0.15, 0.2) is 9.84 Å². The summed E-state index contributed by atoms with van der Waals surface area (Å²) in [5.41, 5.74) is 0.491. The van der Waals surface area contributed by atoms with E-state index in [2.05, 4.69) is 0 Å². The molecule has 0 bridgehead atoms. The van der Waals surface area contributed by atoms with Gasteiger partial charge >= 0.3 is 5.97 Å². The van der Waals surface area contributed by atoms with Crippen LogP contribution in [0.2, 0.25) is 0 Å². The van der Waals surface area contributed by atoms with Crippen molar-refractivity contribution in [2.75, 3.05) is 12.4 Å². The molecule has 0 unspecified atom stereocenters. The monoisotopic (exact) mass is 272 g/mol. The number of carbonyl (C=O) groups is 1. The molecule has 1 aromatic rings. The highest BCUT2D eigenvalue weighted by atomic mass is 32.2. The SMILES string of the molecule is Cc1ccc(C(=O)O)cc1S(=O)(=O)CCCCO. The van der Waals surface area contributed by atoms with Crippen molar-refractivity contribution in [1.82, 2.24) is 0 Å².